The zero-order valence-electron chi connectivity index (χ0n) is 47.8. The number of hydrogen-bond acceptors (Lipinski definition) is 4. The number of nitrogens with zero attached hydrogens (tertiary/aromatic N) is 7. The topological polar surface area (TPSA) is 71.5 Å². The number of para-hydroxylation sites is 5. The largest absolute Gasteiger partial charge is 0.456 e. The van der Waals surface area contributed by atoms with Gasteiger partial charge in [-0.05, 0) is 144 Å². The number of hydrogen-bond donors (Lipinski definition) is 0. The van der Waals surface area contributed by atoms with E-state index in [0.29, 0.717) is 17.6 Å². The second-order valence-corrected chi connectivity index (χ2v) is 23.2. The Kier molecular flexibility index (Phi) is 10.6. The Balaban J connectivity index is 0.827. The smallest absolute Gasteiger partial charge is 0.238 e. The van der Waals surface area contributed by atoms with Gasteiger partial charge in [-0.1, -0.05) is 176 Å². The lowest BCUT2D eigenvalue weighted by atomic mass is 9.98. The van der Waals surface area contributed by atoms with Crippen molar-refractivity contribution in [2.24, 2.45) is 0 Å². The van der Waals surface area contributed by atoms with E-state index in [1.54, 1.807) is 0 Å². The predicted octanol–water partition coefficient (Wildman–Crippen LogP) is 20.8. The fourth-order valence-electron chi connectivity index (χ4n) is 14.1. The van der Waals surface area contributed by atoms with Gasteiger partial charge >= 0.3 is 0 Å². The molecule has 19 aromatic rings. The van der Waals surface area contributed by atoms with Crippen molar-refractivity contribution < 1.29 is 4.42 Å². The van der Waals surface area contributed by atoms with Gasteiger partial charge in [-0.15, -0.1) is 0 Å². The lowest BCUT2D eigenvalue weighted by Gasteiger charge is -2.11. The van der Waals surface area contributed by atoms with Gasteiger partial charge in [0, 0.05) is 82.1 Å². The summed E-state index contributed by atoms with van der Waals surface area (Å²) < 4.78 is 16.0. The molecule has 0 aliphatic heterocycles. The molecule has 8 heteroatoms. The van der Waals surface area contributed by atoms with Crippen LogP contribution in [0, 0.1) is 0 Å². The van der Waals surface area contributed by atoms with Gasteiger partial charge < -0.3 is 18.1 Å². The molecule has 0 N–H and O–H groups in total. The van der Waals surface area contributed by atoms with Gasteiger partial charge in [0.25, 0.3) is 0 Å². The van der Waals surface area contributed by atoms with E-state index in [1.165, 1.54) is 21.5 Å². The monoisotopic (exact) mass is 1140 g/mol. The van der Waals surface area contributed by atoms with Crippen LogP contribution in [0.5, 0.6) is 0 Å². The highest BCUT2D eigenvalue weighted by molar-refractivity contribution is 6.21. The Morgan fingerprint density at radius 2 is 0.539 bits per heavy atom. The van der Waals surface area contributed by atoms with Crippen molar-refractivity contribution in [3.05, 3.63) is 297 Å². The van der Waals surface area contributed by atoms with Gasteiger partial charge in [-0.3, -0.25) is 4.57 Å². The number of rotatable bonds is 8. The number of furan rings is 1. The number of benzene rings is 13. The SMILES string of the molecule is c1ccc(-c2nc(-c3ccccc3)nc(-n3c4ccc(-c5ccc6c(c5)c5cc(-c7ccc8c(c7)c7cc9oc%10ccccc%10c9cc7n8-c7ccccc7)ccc5n6-c5ccccc5)cc4c4cc5c(cc43)c3ccccc3n5-c3ccccc3)n2)cc1. The molecule has 414 valence electrons. The molecule has 0 radical (unpaired) electrons. The van der Waals surface area contributed by atoms with Crippen molar-refractivity contribution in [1.29, 1.82) is 0 Å². The summed E-state index contributed by atoms with van der Waals surface area (Å²) in [5, 5.41) is 11.4. The van der Waals surface area contributed by atoms with Crippen LogP contribution in [0.15, 0.2) is 302 Å². The Bertz CT molecular complexity index is 6020. The minimum absolute atomic E-state index is 0.548. The zero-order chi connectivity index (χ0) is 58.3. The molecule has 13 aromatic carbocycles. The molecule has 0 fully saturated rings. The summed E-state index contributed by atoms with van der Waals surface area (Å²) in [7, 11) is 0. The molecule has 0 aliphatic rings. The standard InChI is InChI=1S/C81H49N7O/c1-6-20-50(21-7-1)79-82-80(51-22-8-2-9-23-51)84-81(83-79)88-73-41-37-55(44-63(73)66-47-74-65(46-76(66)88)59-30-16-18-32-69(59)86(74)57-26-12-4-13-27-57)53-35-39-71-62(43-53)61-42-52(34-38-70(61)85(71)56-24-10-3-11-25-56)54-36-40-72-64(45-54)67-49-78-68(60-31-17-19-33-77(60)89-78)48-75(67)87(72)58-28-14-5-15-29-58/h1-49H. The average Bonchev–Trinajstić information content (AvgIpc) is 1.59. The second-order valence-electron chi connectivity index (χ2n) is 23.2. The zero-order valence-corrected chi connectivity index (χ0v) is 47.8. The maximum absolute atomic E-state index is 6.53. The van der Waals surface area contributed by atoms with Crippen LogP contribution in [0.3, 0.4) is 0 Å². The van der Waals surface area contributed by atoms with E-state index in [0.717, 1.165) is 138 Å². The van der Waals surface area contributed by atoms with Crippen LogP contribution in [0.4, 0.5) is 0 Å². The Labute approximate surface area is 509 Å². The van der Waals surface area contributed by atoms with Crippen LogP contribution in [0.25, 0.3) is 177 Å². The summed E-state index contributed by atoms with van der Waals surface area (Å²) in [6, 6.07) is 107. The van der Waals surface area contributed by atoms with E-state index < -0.39 is 0 Å². The molecule has 0 aliphatic carbocycles. The third kappa shape index (κ3) is 7.57. The molecule has 0 unspecified atom stereocenters. The molecule has 0 bridgehead atoms. The van der Waals surface area contributed by atoms with E-state index in [4.69, 9.17) is 19.4 Å². The van der Waals surface area contributed by atoms with Crippen LogP contribution in [-0.4, -0.2) is 33.2 Å². The van der Waals surface area contributed by atoms with Gasteiger partial charge in [0.1, 0.15) is 11.2 Å². The highest BCUT2D eigenvalue weighted by atomic mass is 16.3. The van der Waals surface area contributed by atoms with Gasteiger partial charge in [0.2, 0.25) is 5.95 Å². The van der Waals surface area contributed by atoms with E-state index in [2.05, 4.69) is 273 Å². The molecule has 0 amide bonds. The van der Waals surface area contributed by atoms with Crippen LogP contribution >= 0.6 is 0 Å². The molecule has 0 atom stereocenters. The van der Waals surface area contributed by atoms with Crippen molar-refractivity contribution in [1.82, 2.24) is 33.2 Å². The predicted molar refractivity (Wildman–Crippen MR) is 366 cm³/mol. The third-order valence-corrected chi connectivity index (χ3v) is 18.2. The van der Waals surface area contributed by atoms with Crippen molar-refractivity contribution in [2.45, 2.75) is 0 Å². The molecule has 19 rings (SSSR count). The fourth-order valence-corrected chi connectivity index (χ4v) is 14.1. The van der Waals surface area contributed by atoms with Crippen LogP contribution in [-0.2, 0) is 0 Å². The van der Waals surface area contributed by atoms with Gasteiger partial charge in [0.05, 0.1) is 44.1 Å². The van der Waals surface area contributed by atoms with Crippen molar-refractivity contribution >= 4 is 109 Å². The summed E-state index contributed by atoms with van der Waals surface area (Å²) >= 11 is 0. The van der Waals surface area contributed by atoms with Gasteiger partial charge in [0.15, 0.2) is 11.6 Å². The van der Waals surface area contributed by atoms with Gasteiger partial charge in [-0.25, -0.2) is 4.98 Å². The summed E-state index contributed by atoms with van der Waals surface area (Å²) in [5.41, 5.74) is 20.2. The quantitative estimate of drug-likeness (QED) is 0.152. The van der Waals surface area contributed by atoms with Crippen LogP contribution in [0.1, 0.15) is 0 Å². The van der Waals surface area contributed by atoms with Crippen LogP contribution < -0.4 is 0 Å². The molecule has 89 heavy (non-hydrogen) atoms. The first-order chi connectivity index (χ1) is 44.1. The lowest BCUT2D eigenvalue weighted by molar-refractivity contribution is 0.669. The molecule has 0 saturated heterocycles. The fraction of sp³-hybridized carbons (Fsp3) is 0. The first-order valence-corrected chi connectivity index (χ1v) is 30.2. The highest BCUT2D eigenvalue weighted by Crippen LogP contribution is 2.45. The van der Waals surface area contributed by atoms with Crippen molar-refractivity contribution in [3.8, 4) is 68.0 Å². The summed E-state index contributed by atoms with van der Waals surface area (Å²) in [6.45, 7) is 0. The van der Waals surface area contributed by atoms with E-state index in [1.807, 2.05) is 42.5 Å². The summed E-state index contributed by atoms with van der Waals surface area (Å²) in [4.78, 5) is 15.8. The van der Waals surface area contributed by atoms with E-state index in [-0.39, 0.29) is 0 Å². The second kappa shape index (κ2) is 19.2. The first kappa shape index (κ1) is 49.2. The minimum atomic E-state index is 0.548. The summed E-state index contributed by atoms with van der Waals surface area (Å²) in [6.07, 6.45) is 0. The average molecular weight is 1140 g/mol. The molecule has 8 nitrogen and oxygen atoms in total. The highest BCUT2D eigenvalue weighted by Gasteiger charge is 2.24. The van der Waals surface area contributed by atoms with E-state index in [9.17, 15) is 0 Å². The molecule has 6 heterocycles. The number of fused-ring (bicyclic) bond motifs is 15. The third-order valence-electron chi connectivity index (χ3n) is 18.2. The molecule has 0 saturated carbocycles. The van der Waals surface area contributed by atoms with Gasteiger partial charge in [-0.2, -0.15) is 9.97 Å². The molecular weight excluding hydrogens is 1090 g/mol. The number of aromatic nitrogens is 7. The molecular formula is C81H49N7O. The van der Waals surface area contributed by atoms with Crippen LogP contribution in [0.2, 0.25) is 0 Å². The molecule has 6 aromatic heterocycles. The Hall–Kier alpha value is -12.1. The Morgan fingerprint density at radius 3 is 1.02 bits per heavy atom. The molecule has 0 spiro atoms. The minimum Gasteiger partial charge on any atom is -0.456 e. The first-order valence-electron chi connectivity index (χ1n) is 30.2. The summed E-state index contributed by atoms with van der Waals surface area (Å²) in [5.74, 6) is 1.76. The Morgan fingerprint density at radius 1 is 0.202 bits per heavy atom. The maximum atomic E-state index is 6.53. The van der Waals surface area contributed by atoms with Crippen molar-refractivity contribution in [3.63, 3.8) is 0 Å². The lowest BCUT2D eigenvalue weighted by Crippen LogP contribution is -2.06. The van der Waals surface area contributed by atoms with E-state index >= 15 is 0 Å². The maximum Gasteiger partial charge on any atom is 0.238 e. The van der Waals surface area contributed by atoms with Crippen molar-refractivity contribution in [2.75, 3.05) is 0 Å². The normalized spacial score (nSPS) is 12.0.